The van der Waals surface area contributed by atoms with E-state index >= 15 is 0 Å². The maximum atomic E-state index is 5.11. The fraction of sp³-hybridized carbons (Fsp3) is 0.478. The second kappa shape index (κ2) is 6.94. The lowest BCUT2D eigenvalue weighted by Crippen LogP contribution is -2.28. The Morgan fingerprint density at radius 2 is 1.72 bits per heavy atom. The normalized spacial score (nSPS) is 16.4. The summed E-state index contributed by atoms with van der Waals surface area (Å²) >= 11 is 1.77. The Bertz CT molecular complexity index is 1070. The molecule has 0 amide bonds. The smallest absolute Gasteiger partial charge is 0.142 e. The third kappa shape index (κ3) is 3.18. The van der Waals surface area contributed by atoms with E-state index in [4.69, 9.17) is 5.10 Å². The molecule has 6 heteroatoms. The average Bonchev–Trinajstić information content (AvgIpc) is 3.61. The summed E-state index contributed by atoms with van der Waals surface area (Å²) in [5.41, 5.74) is 7.40. The number of hydrogen-bond donors (Lipinski definition) is 0. The molecule has 2 aliphatic carbocycles. The van der Waals surface area contributed by atoms with Crippen LogP contribution < -0.4 is 9.80 Å². The Kier molecular flexibility index (Phi) is 4.50. The largest absolute Gasteiger partial charge is 0.363 e. The molecule has 2 saturated carbocycles. The van der Waals surface area contributed by atoms with E-state index in [1.807, 2.05) is 25.2 Å². The van der Waals surface area contributed by atoms with Gasteiger partial charge in [0.05, 0.1) is 16.9 Å². The third-order valence-electron chi connectivity index (χ3n) is 6.09. The SMILES string of the molecule is CSc1nn2c(-c3cnc(N(C)C)cc3C)ccc(C)c2c1N(C1CC1)C1CC1. The van der Waals surface area contributed by atoms with E-state index in [0.717, 1.165) is 22.1 Å². The number of anilines is 2. The first kappa shape index (κ1) is 18.8. The van der Waals surface area contributed by atoms with Crippen molar-refractivity contribution in [1.29, 1.82) is 0 Å². The summed E-state index contributed by atoms with van der Waals surface area (Å²) in [5.74, 6) is 0.981. The van der Waals surface area contributed by atoms with Crippen LogP contribution in [0.1, 0.15) is 36.8 Å². The number of nitrogens with zero attached hydrogens (tertiary/aromatic N) is 5. The van der Waals surface area contributed by atoms with Crippen molar-refractivity contribution < 1.29 is 0 Å². The van der Waals surface area contributed by atoms with Crippen LogP contribution in [0.5, 0.6) is 0 Å². The molecule has 0 atom stereocenters. The Morgan fingerprint density at radius 3 is 2.28 bits per heavy atom. The predicted octanol–water partition coefficient (Wildman–Crippen LogP) is 4.93. The summed E-state index contributed by atoms with van der Waals surface area (Å²) in [6, 6.07) is 8.00. The standard InChI is InChI=1S/C23H29N5S/c1-14-6-11-19(18-13-24-20(26(3)4)12-15(18)2)28-21(14)22(23(25-28)29-5)27(16-7-8-16)17-9-10-17/h6,11-13,16-17H,7-10H2,1-5H3. The first-order chi connectivity index (χ1) is 14.0. The van der Waals surface area contributed by atoms with Gasteiger partial charge in [-0.3, -0.25) is 0 Å². The summed E-state index contributed by atoms with van der Waals surface area (Å²) in [6.07, 6.45) is 9.40. The molecule has 152 valence electrons. The van der Waals surface area contributed by atoms with Crippen molar-refractivity contribution in [1.82, 2.24) is 14.6 Å². The minimum Gasteiger partial charge on any atom is -0.363 e. The molecule has 5 rings (SSSR count). The second-order valence-electron chi connectivity index (χ2n) is 8.64. The Balaban J connectivity index is 1.72. The number of fused-ring (bicyclic) bond motifs is 1. The molecule has 0 bridgehead atoms. The van der Waals surface area contributed by atoms with E-state index in [0.29, 0.717) is 12.1 Å². The summed E-state index contributed by atoms with van der Waals surface area (Å²) in [7, 11) is 4.06. The predicted molar refractivity (Wildman–Crippen MR) is 123 cm³/mol. The van der Waals surface area contributed by atoms with Crippen molar-refractivity contribution in [2.75, 3.05) is 30.2 Å². The van der Waals surface area contributed by atoms with Crippen molar-refractivity contribution in [3.8, 4) is 11.3 Å². The summed E-state index contributed by atoms with van der Waals surface area (Å²) < 4.78 is 2.17. The number of hydrogen-bond acceptors (Lipinski definition) is 5. The highest BCUT2D eigenvalue weighted by molar-refractivity contribution is 7.98. The number of thioether (sulfide) groups is 1. The minimum atomic E-state index is 0.701. The monoisotopic (exact) mass is 407 g/mol. The fourth-order valence-corrected chi connectivity index (χ4v) is 4.83. The van der Waals surface area contributed by atoms with Gasteiger partial charge in [0.2, 0.25) is 0 Å². The molecule has 0 aromatic carbocycles. The van der Waals surface area contributed by atoms with Gasteiger partial charge in [-0.25, -0.2) is 9.50 Å². The van der Waals surface area contributed by atoms with Crippen LogP contribution in [0.2, 0.25) is 0 Å². The molecular weight excluding hydrogens is 378 g/mol. The van der Waals surface area contributed by atoms with Crippen LogP contribution in [0.15, 0.2) is 29.4 Å². The van der Waals surface area contributed by atoms with Crippen molar-refractivity contribution in [2.24, 2.45) is 0 Å². The quantitative estimate of drug-likeness (QED) is 0.542. The summed E-state index contributed by atoms with van der Waals surface area (Å²) in [5, 5.41) is 6.26. The molecule has 0 N–H and O–H groups in total. The van der Waals surface area contributed by atoms with Crippen LogP contribution in [-0.4, -0.2) is 47.0 Å². The van der Waals surface area contributed by atoms with Gasteiger partial charge in [0.1, 0.15) is 10.8 Å². The lowest BCUT2D eigenvalue weighted by atomic mass is 10.1. The van der Waals surface area contributed by atoms with E-state index in [1.54, 1.807) is 11.8 Å². The number of aromatic nitrogens is 3. The highest BCUT2D eigenvalue weighted by atomic mass is 32.2. The lowest BCUT2D eigenvalue weighted by Gasteiger charge is -2.25. The molecule has 3 heterocycles. The highest BCUT2D eigenvalue weighted by Gasteiger charge is 2.42. The molecule has 29 heavy (non-hydrogen) atoms. The Labute approximate surface area is 177 Å². The molecule has 0 aliphatic heterocycles. The minimum absolute atomic E-state index is 0.701. The van der Waals surface area contributed by atoms with Crippen LogP contribution in [0.25, 0.3) is 16.8 Å². The van der Waals surface area contributed by atoms with E-state index in [9.17, 15) is 0 Å². The van der Waals surface area contributed by atoms with Gasteiger partial charge < -0.3 is 9.80 Å². The van der Waals surface area contributed by atoms with Gasteiger partial charge in [-0.2, -0.15) is 5.10 Å². The molecule has 0 unspecified atom stereocenters. The second-order valence-corrected chi connectivity index (χ2v) is 9.44. The maximum absolute atomic E-state index is 5.11. The van der Waals surface area contributed by atoms with E-state index < -0.39 is 0 Å². The average molecular weight is 408 g/mol. The van der Waals surface area contributed by atoms with Crippen molar-refractivity contribution in [3.05, 3.63) is 35.5 Å². The maximum Gasteiger partial charge on any atom is 0.142 e. The van der Waals surface area contributed by atoms with Gasteiger partial charge in [0, 0.05) is 37.9 Å². The molecule has 3 aromatic rings. The zero-order valence-electron chi connectivity index (χ0n) is 17.9. The van der Waals surface area contributed by atoms with E-state index in [2.05, 4.69) is 52.7 Å². The van der Waals surface area contributed by atoms with Crippen LogP contribution in [-0.2, 0) is 0 Å². The lowest BCUT2D eigenvalue weighted by molar-refractivity contribution is 0.781. The summed E-state index contributed by atoms with van der Waals surface area (Å²) in [4.78, 5) is 9.42. The van der Waals surface area contributed by atoms with Crippen LogP contribution in [0.4, 0.5) is 11.5 Å². The molecule has 0 radical (unpaired) electrons. The molecule has 2 fully saturated rings. The van der Waals surface area contributed by atoms with Gasteiger partial charge >= 0.3 is 0 Å². The van der Waals surface area contributed by atoms with Crippen LogP contribution in [0, 0.1) is 13.8 Å². The van der Waals surface area contributed by atoms with Gasteiger partial charge in [-0.1, -0.05) is 6.07 Å². The molecule has 3 aromatic heterocycles. The first-order valence-corrected chi connectivity index (χ1v) is 11.7. The fourth-order valence-electron chi connectivity index (χ4n) is 4.27. The zero-order valence-corrected chi connectivity index (χ0v) is 18.8. The molecule has 0 saturated heterocycles. The topological polar surface area (TPSA) is 36.7 Å². The third-order valence-corrected chi connectivity index (χ3v) is 6.75. The number of pyridine rings is 2. The van der Waals surface area contributed by atoms with Gasteiger partial charge in [-0.15, -0.1) is 11.8 Å². The van der Waals surface area contributed by atoms with Crippen LogP contribution in [0.3, 0.4) is 0 Å². The van der Waals surface area contributed by atoms with Gasteiger partial charge in [0.25, 0.3) is 0 Å². The van der Waals surface area contributed by atoms with Crippen molar-refractivity contribution >= 4 is 28.8 Å². The van der Waals surface area contributed by atoms with E-state index in [1.165, 1.54) is 48.0 Å². The summed E-state index contributed by atoms with van der Waals surface area (Å²) in [6.45, 7) is 4.38. The zero-order chi connectivity index (χ0) is 20.3. The molecule has 5 nitrogen and oxygen atoms in total. The van der Waals surface area contributed by atoms with E-state index in [-0.39, 0.29) is 0 Å². The van der Waals surface area contributed by atoms with Gasteiger partial charge in [0.15, 0.2) is 0 Å². The number of rotatable bonds is 6. The molecule has 2 aliphatic rings. The Hall–Kier alpha value is -2.21. The van der Waals surface area contributed by atoms with Gasteiger partial charge in [-0.05, 0) is 69.0 Å². The van der Waals surface area contributed by atoms with Crippen LogP contribution >= 0.6 is 11.8 Å². The number of aryl methyl sites for hydroxylation is 2. The first-order valence-electron chi connectivity index (χ1n) is 10.5. The van der Waals surface area contributed by atoms with Crippen molar-refractivity contribution in [2.45, 2.75) is 56.6 Å². The highest BCUT2D eigenvalue weighted by Crippen LogP contribution is 2.47. The van der Waals surface area contributed by atoms with Crippen molar-refractivity contribution in [3.63, 3.8) is 0 Å². The molecular formula is C23H29N5S. The molecule has 0 spiro atoms. The Morgan fingerprint density at radius 1 is 1.03 bits per heavy atom.